The van der Waals surface area contributed by atoms with E-state index in [1.54, 1.807) is 6.26 Å². The summed E-state index contributed by atoms with van der Waals surface area (Å²) in [5.41, 5.74) is 1.02. The van der Waals surface area contributed by atoms with Crippen LogP contribution in [0.3, 0.4) is 0 Å². The van der Waals surface area contributed by atoms with E-state index in [-0.39, 0.29) is 0 Å². The van der Waals surface area contributed by atoms with Crippen LogP contribution in [0, 0.1) is 0 Å². The maximum absolute atomic E-state index is 5.90. The molecule has 1 aromatic heterocycles. The Balaban J connectivity index is 1.60. The number of ether oxygens (including phenoxy) is 3. The largest absolute Gasteiger partial charge is 0.490 e. The van der Waals surface area contributed by atoms with Crippen molar-refractivity contribution in [1.29, 1.82) is 0 Å². The quantitative estimate of drug-likeness (QED) is 0.362. The summed E-state index contributed by atoms with van der Waals surface area (Å²) in [7, 11) is 0. The minimum atomic E-state index is 0.508. The van der Waals surface area contributed by atoms with E-state index in [4.69, 9.17) is 23.6 Å². The van der Waals surface area contributed by atoms with Crippen LogP contribution in [0.2, 0.25) is 0 Å². The van der Waals surface area contributed by atoms with Crippen LogP contribution in [0.1, 0.15) is 31.1 Å². The molecule has 7 nitrogen and oxygen atoms in total. The maximum Gasteiger partial charge on any atom is 0.191 e. The molecule has 0 bridgehead atoms. The first kappa shape index (κ1) is 21.0. The second kappa shape index (κ2) is 12.0. The number of nitrogens with zero attached hydrogens (tertiary/aromatic N) is 1. The highest BCUT2D eigenvalue weighted by Crippen LogP contribution is 2.33. The van der Waals surface area contributed by atoms with Gasteiger partial charge in [-0.1, -0.05) is 12.1 Å². The lowest BCUT2D eigenvalue weighted by Crippen LogP contribution is -2.39. The SMILES string of the molecule is CCOCCCNC(=NCc1cccc2c1OCCCO2)NCCc1ccco1. The van der Waals surface area contributed by atoms with Gasteiger partial charge in [-0.3, -0.25) is 0 Å². The number of furan rings is 1. The van der Waals surface area contributed by atoms with Crippen LogP contribution < -0.4 is 20.1 Å². The molecular formula is C22H31N3O4. The molecular weight excluding hydrogens is 370 g/mol. The van der Waals surface area contributed by atoms with Gasteiger partial charge in [0.25, 0.3) is 0 Å². The van der Waals surface area contributed by atoms with Crippen molar-refractivity contribution in [2.75, 3.05) is 39.5 Å². The lowest BCUT2D eigenvalue weighted by molar-refractivity contribution is 0.145. The van der Waals surface area contributed by atoms with Gasteiger partial charge in [0.05, 0.1) is 26.0 Å². The van der Waals surface area contributed by atoms with Crippen molar-refractivity contribution < 1.29 is 18.6 Å². The van der Waals surface area contributed by atoms with E-state index in [0.29, 0.717) is 19.8 Å². The van der Waals surface area contributed by atoms with E-state index >= 15 is 0 Å². The minimum absolute atomic E-state index is 0.508. The average Bonchev–Trinajstić information content (AvgIpc) is 3.14. The van der Waals surface area contributed by atoms with Gasteiger partial charge in [-0.15, -0.1) is 0 Å². The summed E-state index contributed by atoms with van der Waals surface area (Å²) in [6.45, 7) is 6.86. The highest BCUT2D eigenvalue weighted by molar-refractivity contribution is 5.79. The molecule has 0 atom stereocenters. The Morgan fingerprint density at radius 3 is 2.86 bits per heavy atom. The molecule has 2 aromatic rings. The normalized spacial score (nSPS) is 13.8. The van der Waals surface area contributed by atoms with E-state index in [9.17, 15) is 0 Å². The van der Waals surface area contributed by atoms with Gasteiger partial charge in [0, 0.05) is 44.7 Å². The summed E-state index contributed by atoms with van der Waals surface area (Å²) in [4.78, 5) is 4.76. The minimum Gasteiger partial charge on any atom is -0.490 e. The number of nitrogens with one attached hydrogen (secondary N) is 2. The predicted octanol–water partition coefficient (Wildman–Crippen LogP) is 3.15. The number of fused-ring (bicyclic) bond motifs is 1. The van der Waals surface area contributed by atoms with Crippen molar-refractivity contribution in [2.24, 2.45) is 4.99 Å². The van der Waals surface area contributed by atoms with Crippen molar-refractivity contribution in [3.63, 3.8) is 0 Å². The maximum atomic E-state index is 5.90. The smallest absolute Gasteiger partial charge is 0.191 e. The summed E-state index contributed by atoms with van der Waals surface area (Å²) in [5, 5.41) is 6.76. The summed E-state index contributed by atoms with van der Waals surface area (Å²) in [6.07, 6.45) is 4.30. The monoisotopic (exact) mass is 401 g/mol. The van der Waals surface area contributed by atoms with E-state index in [1.807, 2.05) is 37.3 Å². The fourth-order valence-electron chi connectivity index (χ4n) is 3.00. The van der Waals surface area contributed by atoms with E-state index in [1.165, 1.54) is 0 Å². The molecule has 0 radical (unpaired) electrons. The number of rotatable bonds is 10. The van der Waals surface area contributed by atoms with E-state index in [2.05, 4.69) is 10.6 Å². The van der Waals surface area contributed by atoms with Crippen molar-refractivity contribution in [1.82, 2.24) is 10.6 Å². The molecule has 1 aromatic carbocycles. The second-order valence-corrected chi connectivity index (χ2v) is 6.69. The Hall–Kier alpha value is -2.67. The van der Waals surface area contributed by atoms with Crippen LogP contribution in [0.25, 0.3) is 0 Å². The van der Waals surface area contributed by atoms with Crippen LogP contribution in [-0.4, -0.2) is 45.5 Å². The van der Waals surface area contributed by atoms with E-state index < -0.39 is 0 Å². The Morgan fingerprint density at radius 2 is 2.00 bits per heavy atom. The first-order valence-electron chi connectivity index (χ1n) is 10.4. The van der Waals surface area contributed by atoms with Gasteiger partial charge in [0.15, 0.2) is 17.5 Å². The third-order valence-corrected chi connectivity index (χ3v) is 4.47. The molecule has 29 heavy (non-hydrogen) atoms. The number of benzene rings is 1. The molecule has 0 spiro atoms. The molecule has 0 aliphatic carbocycles. The zero-order valence-electron chi connectivity index (χ0n) is 17.1. The fourth-order valence-corrected chi connectivity index (χ4v) is 3.00. The molecule has 1 aliphatic rings. The van der Waals surface area contributed by atoms with Gasteiger partial charge in [0.1, 0.15) is 5.76 Å². The van der Waals surface area contributed by atoms with Gasteiger partial charge >= 0.3 is 0 Å². The number of hydrogen-bond acceptors (Lipinski definition) is 5. The van der Waals surface area contributed by atoms with Crippen LogP contribution in [-0.2, 0) is 17.7 Å². The number of aliphatic imine (C=N–C) groups is 1. The van der Waals surface area contributed by atoms with Gasteiger partial charge in [-0.2, -0.15) is 0 Å². The molecule has 158 valence electrons. The van der Waals surface area contributed by atoms with Crippen molar-refractivity contribution >= 4 is 5.96 Å². The number of para-hydroxylation sites is 1. The molecule has 0 saturated heterocycles. The van der Waals surface area contributed by atoms with E-state index in [0.717, 1.165) is 74.3 Å². The summed E-state index contributed by atoms with van der Waals surface area (Å²) < 4.78 is 22.5. The van der Waals surface area contributed by atoms with Crippen molar-refractivity contribution in [3.8, 4) is 11.5 Å². The number of guanidine groups is 1. The van der Waals surface area contributed by atoms with Gasteiger partial charge in [-0.05, 0) is 31.5 Å². The molecule has 2 N–H and O–H groups in total. The third-order valence-electron chi connectivity index (χ3n) is 4.47. The highest BCUT2D eigenvalue weighted by atomic mass is 16.5. The van der Waals surface area contributed by atoms with Crippen LogP contribution >= 0.6 is 0 Å². The first-order chi connectivity index (χ1) is 14.4. The average molecular weight is 402 g/mol. The Bertz CT molecular complexity index is 747. The molecule has 0 unspecified atom stereocenters. The molecule has 3 rings (SSSR count). The lowest BCUT2D eigenvalue weighted by Gasteiger charge is -2.14. The summed E-state index contributed by atoms with van der Waals surface area (Å²) >= 11 is 0. The Labute approximate surface area is 172 Å². The summed E-state index contributed by atoms with van der Waals surface area (Å²) in [6, 6.07) is 9.84. The third kappa shape index (κ3) is 7.02. The van der Waals surface area contributed by atoms with Crippen molar-refractivity contribution in [3.05, 3.63) is 47.9 Å². The van der Waals surface area contributed by atoms with Crippen LogP contribution in [0.5, 0.6) is 11.5 Å². The number of hydrogen-bond donors (Lipinski definition) is 2. The van der Waals surface area contributed by atoms with Gasteiger partial charge in [-0.25, -0.2) is 4.99 Å². The highest BCUT2D eigenvalue weighted by Gasteiger charge is 2.14. The standard InChI is InChI=1S/C22H31N3O4/c1-2-26-13-5-11-23-22(24-12-10-19-8-4-14-27-19)25-17-18-7-3-9-20-21(18)29-16-6-15-28-20/h3-4,7-9,14H,2,5-6,10-13,15-17H2,1H3,(H2,23,24,25). The molecule has 0 amide bonds. The zero-order chi connectivity index (χ0) is 20.2. The molecule has 0 saturated carbocycles. The van der Waals surface area contributed by atoms with Crippen LogP contribution in [0.15, 0.2) is 46.0 Å². The van der Waals surface area contributed by atoms with Crippen molar-refractivity contribution in [2.45, 2.75) is 32.7 Å². The molecule has 2 heterocycles. The van der Waals surface area contributed by atoms with Gasteiger partial charge in [0.2, 0.25) is 0 Å². The molecule has 0 fully saturated rings. The summed E-state index contributed by atoms with van der Waals surface area (Å²) in [5.74, 6) is 3.32. The Morgan fingerprint density at radius 1 is 1.10 bits per heavy atom. The molecule has 1 aliphatic heterocycles. The Kier molecular flexibility index (Phi) is 8.72. The lowest BCUT2D eigenvalue weighted by atomic mass is 10.2. The molecule has 7 heteroatoms. The van der Waals surface area contributed by atoms with Gasteiger partial charge < -0.3 is 29.3 Å². The van der Waals surface area contributed by atoms with Crippen LogP contribution in [0.4, 0.5) is 0 Å². The second-order valence-electron chi connectivity index (χ2n) is 6.69. The topological polar surface area (TPSA) is 77.2 Å². The fraction of sp³-hybridized carbons (Fsp3) is 0.500. The predicted molar refractivity (Wildman–Crippen MR) is 113 cm³/mol. The zero-order valence-corrected chi connectivity index (χ0v) is 17.1. The first-order valence-corrected chi connectivity index (χ1v) is 10.4.